The minimum Gasteiger partial charge on any atom is -0.491 e. The number of aryl methyl sites for hydroxylation is 1. The van der Waals surface area contributed by atoms with Crippen molar-refractivity contribution in [2.45, 2.75) is 13.0 Å². The van der Waals surface area contributed by atoms with Gasteiger partial charge in [-0.05, 0) is 24.6 Å². The highest BCUT2D eigenvalue weighted by molar-refractivity contribution is 5.53. The molecule has 1 aliphatic heterocycles. The summed E-state index contributed by atoms with van der Waals surface area (Å²) >= 11 is 0. The van der Waals surface area contributed by atoms with E-state index in [0.29, 0.717) is 11.4 Å². The molecule has 0 saturated carbocycles. The number of hydrogen-bond acceptors (Lipinski definition) is 4. The molecule has 5 heteroatoms. The molecule has 2 aromatic carbocycles. The zero-order valence-corrected chi connectivity index (χ0v) is 13.8. The van der Waals surface area contributed by atoms with Gasteiger partial charge in [-0.2, -0.15) is 0 Å². The van der Waals surface area contributed by atoms with Crippen LogP contribution >= 0.6 is 0 Å². The Labute approximate surface area is 141 Å². The van der Waals surface area contributed by atoms with E-state index in [9.17, 15) is 4.39 Å². The molecule has 0 bridgehead atoms. The monoisotopic (exact) mass is 330 g/mol. The quantitative estimate of drug-likeness (QED) is 0.885. The van der Waals surface area contributed by atoms with E-state index in [1.54, 1.807) is 12.1 Å². The van der Waals surface area contributed by atoms with E-state index in [-0.39, 0.29) is 25.1 Å². The lowest BCUT2D eigenvalue weighted by atomic mass is 10.0. The van der Waals surface area contributed by atoms with Gasteiger partial charge < -0.3 is 20.1 Å². The number of aliphatic hydroxyl groups excluding tert-OH is 1. The van der Waals surface area contributed by atoms with Gasteiger partial charge in [0.1, 0.15) is 18.2 Å². The van der Waals surface area contributed by atoms with Crippen molar-refractivity contribution in [3.63, 3.8) is 0 Å². The molecule has 0 aliphatic carbocycles. The van der Waals surface area contributed by atoms with Gasteiger partial charge in [0.15, 0.2) is 0 Å². The number of ether oxygens (including phenoxy) is 1. The lowest BCUT2D eigenvalue weighted by Crippen LogP contribution is -2.46. The van der Waals surface area contributed by atoms with E-state index in [1.165, 1.54) is 17.2 Å². The van der Waals surface area contributed by atoms with Crippen LogP contribution in [0.1, 0.15) is 17.2 Å². The highest BCUT2D eigenvalue weighted by Crippen LogP contribution is 2.32. The fourth-order valence-corrected chi connectivity index (χ4v) is 3.05. The number of nitrogens with one attached hydrogen (secondary N) is 1. The van der Waals surface area contributed by atoms with Gasteiger partial charge in [-0.3, -0.25) is 0 Å². The van der Waals surface area contributed by atoms with Crippen molar-refractivity contribution in [1.82, 2.24) is 5.32 Å². The van der Waals surface area contributed by atoms with E-state index in [0.717, 1.165) is 19.6 Å². The molecule has 0 radical (unpaired) electrons. The average Bonchev–Trinajstić information content (AvgIpc) is 2.61. The fraction of sp³-hybridized carbons (Fsp3) is 0.368. The molecular formula is C19H23FN2O2. The SMILES string of the molecule is Cc1ccc(C2CNCCN2c2ccc(OCCO)cc2F)cc1. The van der Waals surface area contributed by atoms with Gasteiger partial charge in [-0.15, -0.1) is 0 Å². The normalized spacial score (nSPS) is 17.8. The molecule has 1 saturated heterocycles. The van der Waals surface area contributed by atoms with Gasteiger partial charge in [-0.25, -0.2) is 4.39 Å². The van der Waals surface area contributed by atoms with Crippen LogP contribution in [0.2, 0.25) is 0 Å². The Morgan fingerprint density at radius 2 is 2.04 bits per heavy atom. The average molecular weight is 330 g/mol. The second kappa shape index (κ2) is 7.64. The first-order valence-electron chi connectivity index (χ1n) is 8.26. The molecule has 1 aliphatic rings. The summed E-state index contributed by atoms with van der Waals surface area (Å²) in [7, 11) is 0. The zero-order valence-electron chi connectivity index (χ0n) is 13.8. The standard InChI is InChI=1S/C19H23FN2O2/c1-14-2-4-15(5-3-14)19-13-21-8-9-22(19)18-7-6-16(12-17(18)20)24-11-10-23/h2-7,12,19,21,23H,8-11,13H2,1H3. The van der Waals surface area contributed by atoms with Crippen LogP contribution in [-0.2, 0) is 0 Å². The third-order valence-corrected chi connectivity index (χ3v) is 4.29. The maximum Gasteiger partial charge on any atom is 0.150 e. The molecule has 4 nitrogen and oxygen atoms in total. The first-order chi connectivity index (χ1) is 11.7. The van der Waals surface area contributed by atoms with Crippen LogP contribution in [0, 0.1) is 12.7 Å². The molecule has 1 unspecified atom stereocenters. The predicted octanol–water partition coefficient (Wildman–Crippen LogP) is 2.66. The van der Waals surface area contributed by atoms with Crippen molar-refractivity contribution in [3.05, 3.63) is 59.4 Å². The number of aliphatic hydroxyl groups is 1. The third-order valence-electron chi connectivity index (χ3n) is 4.29. The Morgan fingerprint density at radius 3 is 2.75 bits per heavy atom. The fourth-order valence-electron chi connectivity index (χ4n) is 3.05. The van der Waals surface area contributed by atoms with Crippen molar-refractivity contribution in [1.29, 1.82) is 0 Å². The first-order valence-corrected chi connectivity index (χ1v) is 8.26. The van der Waals surface area contributed by atoms with Crippen molar-refractivity contribution >= 4 is 5.69 Å². The van der Waals surface area contributed by atoms with Crippen LogP contribution in [0.4, 0.5) is 10.1 Å². The van der Waals surface area contributed by atoms with E-state index >= 15 is 0 Å². The van der Waals surface area contributed by atoms with Crippen molar-refractivity contribution in [2.75, 3.05) is 37.7 Å². The van der Waals surface area contributed by atoms with Crippen LogP contribution in [0.5, 0.6) is 5.75 Å². The topological polar surface area (TPSA) is 44.7 Å². The lowest BCUT2D eigenvalue weighted by molar-refractivity contribution is 0.201. The summed E-state index contributed by atoms with van der Waals surface area (Å²) in [6.45, 7) is 4.49. The summed E-state index contributed by atoms with van der Waals surface area (Å²) in [5.41, 5.74) is 2.97. The lowest BCUT2D eigenvalue weighted by Gasteiger charge is -2.38. The number of halogens is 1. The molecule has 0 spiro atoms. The highest BCUT2D eigenvalue weighted by atomic mass is 19.1. The maximum absolute atomic E-state index is 14.6. The summed E-state index contributed by atoms with van der Waals surface area (Å²) in [4.78, 5) is 2.10. The van der Waals surface area contributed by atoms with E-state index < -0.39 is 0 Å². The van der Waals surface area contributed by atoms with Crippen LogP contribution in [-0.4, -0.2) is 38.0 Å². The molecule has 128 valence electrons. The van der Waals surface area contributed by atoms with E-state index in [1.807, 2.05) is 0 Å². The number of anilines is 1. The molecule has 2 N–H and O–H groups in total. The molecule has 1 heterocycles. The number of benzene rings is 2. The molecule has 1 atom stereocenters. The molecule has 2 aromatic rings. The second-order valence-electron chi connectivity index (χ2n) is 6.01. The zero-order chi connectivity index (χ0) is 16.9. The molecule has 3 rings (SSSR count). The Kier molecular flexibility index (Phi) is 5.33. The Morgan fingerprint density at radius 1 is 1.25 bits per heavy atom. The summed E-state index contributed by atoms with van der Waals surface area (Å²) in [5.74, 6) is 0.136. The third kappa shape index (κ3) is 3.68. The Balaban J connectivity index is 1.86. The van der Waals surface area contributed by atoms with E-state index in [2.05, 4.69) is 41.4 Å². The Hall–Kier alpha value is -2.11. The van der Waals surface area contributed by atoms with Gasteiger partial charge >= 0.3 is 0 Å². The number of nitrogens with zero attached hydrogens (tertiary/aromatic N) is 1. The molecular weight excluding hydrogens is 307 g/mol. The van der Waals surface area contributed by atoms with Gasteiger partial charge in [0.2, 0.25) is 0 Å². The van der Waals surface area contributed by atoms with Crippen molar-refractivity contribution in [2.24, 2.45) is 0 Å². The van der Waals surface area contributed by atoms with Crippen molar-refractivity contribution < 1.29 is 14.2 Å². The number of hydrogen-bond donors (Lipinski definition) is 2. The Bertz CT molecular complexity index is 676. The smallest absolute Gasteiger partial charge is 0.150 e. The number of rotatable bonds is 5. The summed E-state index contributed by atoms with van der Waals surface area (Å²) in [6, 6.07) is 13.4. The summed E-state index contributed by atoms with van der Waals surface area (Å²) in [5, 5.41) is 12.2. The van der Waals surface area contributed by atoms with E-state index in [4.69, 9.17) is 9.84 Å². The van der Waals surface area contributed by atoms with Crippen molar-refractivity contribution in [3.8, 4) is 5.75 Å². The molecule has 24 heavy (non-hydrogen) atoms. The molecule has 1 fully saturated rings. The number of piperazine rings is 1. The summed E-state index contributed by atoms with van der Waals surface area (Å²) in [6.07, 6.45) is 0. The van der Waals surface area contributed by atoms with Gasteiger partial charge in [0.05, 0.1) is 18.3 Å². The van der Waals surface area contributed by atoms with Gasteiger partial charge in [-0.1, -0.05) is 29.8 Å². The second-order valence-corrected chi connectivity index (χ2v) is 6.01. The minimum absolute atomic E-state index is 0.0866. The van der Waals surface area contributed by atoms with Crippen LogP contribution in [0.25, 0.3) is 0 Å². The van der Waals surface area contributed by atoms with Crippen LogP contribution < -0.4 is 15.0 Å². The first kappa shape index (κ1) is 16.7. The van der Waals surface area contributed by atoms with Gasteiger partial charge in [0.25, 0.3) is 0 Å². The van der Waals surface area contributed by atoms with Gasteiger partial charge in [0, 0.05) is 25.7 Å². The highest BCUT2D eigenvalue weighted by Gasteiger charge is 2.26. The van der Waals surface area contributed by atoms with Crippen LogP contribution in [0.3, 0.4) is 0 Å². The molecule has 0 amide bonds. The maximum atomic E-state index is 14.6. The van der Waals surface area contributed by atoms with Crippen LogP contribution in [0.15, 0.2) is 42.5 Å². The predicted molar refractivity (Wildman–Crippen MR) is 93.1 cm³/mol. The summed E-state index contributed by atoms with van der Waals surface area (Å²) < 4.78 is 19.9. The largest absolute Gasteiger partial charge is 0.491 e. The minimum atomic E-state index is -0.301. The molecule has 0 aromatic heterocycles.